The maximum atomic E-state index is 12.5. The molecule has 0 saturated carbocycles. The summed E-state index contributed by atoms with van der Waals surface area (Å²) in [4.78, 5) is 35.4. The summed E-state index contributed by atoms with van der Waals surface area (Å²) in [6.45, 7) is 10.4. The molecule has 0 bridgehead atoms. The number of thioether (sulfide) groups is 1. The van der Waals surface area contributed by atoms with Crippen molar-refractivity contribution in [3.63, 3.8) is 0 Å². The summed E-state index contributed by atoms with van der Waals surface area (Å²) in [5.41, 5.74) is 1.66. The van der Waals surface area contributed by atoms with Crippen molar-refractivity contribution in [3.05, 3.63) is 35.4 Å². The zero-order valence-electron chi connectivity index (χ0n) is 16.7. The van der Waals surface area contributed by atoms with Crippen molar-refractivity contribution >= 4 is 29.5 Å². The van der Waals surface area contributed by atoms with Crippen LogP contribution in [0.5, 0.6) is 0 Å². The van der Waals surface area contributed by atoms with Gasteiger partial charge in [-0.1, -0.05) is 46.8 Å². The van der Waals surface area contributed by atoms with Crippen molar-refractivity contribution in [1.29, 1.82) is 0 Å². The van der Waals surface area contributed by atoms with Crippen molar-refractivity contribution in [2.75, 3.05) is 18.1 Å². The van der Waals surface area contributed by atoms with E-state index in [1.165, 1.54) is 11.8 Å². The molecule has 0 aromatic heterocycles. The van der Waals surface area contributed by atoms with Crippen LogP contribution >= 0.6 is 11.8 Å². The number of hydrogen-bond acceptors (Lipinski definition) is 4. The number of carboxylic acid groups (broad SMARTS) is 1. The van der Waals surface area contributed by atoms with E-state index in [2.05, 4.69) is 31.4 Å². The molecule has 0 aliphatic heterocycles. The second kappa shape index (κ2) is 10.3. The first-order valence-electron chi connectivity index (χ1n) is 9.01. The van der Waals surface area contributed by atoms with E-state index in [0.717, 1.165) is 5.56 Å². The molecule has 0 heterocycles. The first-order chi connectivity index (χ1) is 12.5. The Bertz CT molecular complexity index is 651. The smallest absolute Gasteiger partial charge is 0.313 e. The van der Waals surface area contributed by atoms with Crippen molar-refractivity contribution in [1.82, 2.24) is 10.6 Å². The van der Waals surface area contributed by atoms with Crippen LogP contribution in [0.2, 0.25) is 0 Å². The maximum absolute atomic E-state index is 12.5. The zero-order chi connectivity index (χ0) is 20.6. The predicted molar refractivity (Wildman–Crippen MR) is 109 cm³/mol. The van der Waals surface area contributed by atoms with Crippen LogP contribution < -0.4 is 10.6 Å². The monoisotopic (exact) mass is 394 g/mol. The van der Waals surface area contributed by atoms with Crippen LogP contribution in [0.4, 0.5) is 0 Å². The molecule has 0 aliphatic rings. The number of hydrogen-bond donors (Lipinski definition) is 3. The minimum Gasteiger partial charge on any atom is -0.481 e. The molecule has 7 heteroatoms. The average Bonchev–Trinajstić information content (AvgIpc) is 2.57. The first kappa shape index (κ1) is 23.0. The van der Waals surface area contributed by atoms with Gasteiger partial charge in [0, 0.05) is 17.9 Å². The van der Waals surface area contributed by atoms with Gasteiger partial charge in [-0.05, 0) is 29.0 Å². The lowest BCUT2D eigenvalue weighted by Crippen LogP contribution is -2.50. The molecular formula is C20H30N2O4S. The van der Waals surface area contributed by atoms with Crippen molar-refractivity contribution in [2.24, 2.45) is 5.92 Å². The van der Waals surface area contributed by atoms with Crippen LogP contribution in [0, 0.1) is 5.92 Å². The van der Waals surface area contributed by atoms with Crippen molar-refractivity contribution < 1.29 is 19.5 Å². The molecule has 1 aromatic carbocycles. The lowest BCUT2D eigenvalue weighted by Gasteiger charge is -2.22. The van der Waals surface area contributed by atoms with Gasteiger partial charge < -0.3 is 15.7 Å². The molecule has 3 N–H and O–H groups in total. The van der Waals surface area contributed by atoms with E-state index in [1.807, 2.05) is 26.0 Å². The molecule has 150 valence electrons. The molecule has 0 spiro atoms. The highest BCUT2D eigenvalue weighted by atomic mass is 32.2. The summed E-state index contributed by atoms with van der Waals surface area (Å²) < 4.78 is 0. The fraction of sp³-hybridized carbons (Fsp3) is 0.550. The molecule has 0 radical (unpaired) electrons. The Hall–Kier alpha value is -2.02. The largest absolute Gasteiger partial charge is 0.481 e. The maximum Gasteiger partial charge on any atom is 0.313 e. The van der Waals surface area contributed by atoms with E-state index in [9.17, 15) is 14.4 Å². The van der Waals surface area contributed by atoms with Gasteiger partial charge in [-0.3, -0.25) is 14.4 Å². The Morgan fingerprint density at radius 2 is 1.70 bits per heavy atom. The zero-order valence-corrected chi connectivity index (χ0v) is 17.5. The summed E-state index contributed by atoms with van der Waals surface area (Å²) in [5.74, 6) is -0.994. The van der Waals surface area contributed by atoms with Gasteiger partial charge >= 0.3 is 5.97 Å². The Labute approximate surface area is 165 Å². The van der Waals surface area contributed by atoms with Crippen LogP contribution in [-0.2, 0) is 15.0 Å². The molecule has 1 unspecified atom stereocenters. The molecule has 0 fully saturated rings. The van der Waals surface area contributed by atoms with Gasteiger partial charge in [0.25, 0.3) is 5.91 Å². The standard InChI is InChI=1S/C20H30N2O4S/c1-13(2)17(19(26)21-10-11-27-12-16(23)24)22-18(25)14-6-8-15(9-7-14)20(3,4)5/h6-9,13,17H,10-12H2,1-5H3,(H,21,26)(H,22,25)(H,23,24). The van der Waals surface area contributed by atoms with Gasteiger partial charge in [0.05, 0.1) is 5.75 Å². The summed E-state index contributed by atoms with van der Waals surface area (Å²) in [5, 5.41) is 14.2. The number of rotatable bonds is 9. The van der Waals surface area contributed by atoms with Gasteiger partial charge in [-0.25, -0.2) is 0 Å². The summed E-state index contributed by atoms with van der Waals surface area (Å²) in [6, 6.07) is 6.75. The molecule has 2 amide bonds. The molecule has 6 nitrogen and oxygen atoms in total. The fourth-order valence-electron chi connectivity index (χ4n) is 2.40. The Morgan fingerprint density at radius 1 is 1.11 bits per heavy atom. The van der Waals surface area contributed by atoms with Gasteiger partial charge in [-0.15, -0.1) is 11.8 Å². The van der Waals surface area contributed by atoms with Crippen LogP contribution in [0.25, 0.3) is 0 Å². The number of carboxylic acids is 1. The number of benzene rings is 1. The quantitative estimate of drug-likeness (QED) is 0.560. The fourth-order valence-corrected chi connectivity index (χ4v) is 2.96. The van der Waals surface area contributed by atoms with Gasteiger partial charge in [0.15, 0.2) is 0 Å². The first-order valence-corrected chi connectivity index (χ1v) is 10.2. The molecule has 1 rings (SSSR count). The van der Waals surface area contributed by atoms with Crippen LogP contribution in [0.1, 0.15) is 50.5 Å². The van der Waals surface area contributed by atoms with Crippen LogP contribution in [0.3, 0.4) is 0 Å². The van der Waals surface area contributed by atoms with Crippen LogP contribution in [-0.4, -0.2) is 47.0 Å². The van der Waals surface area contributed by atoms with Crippen molar-refractivity contribution in [2.45, 2.75) is 46.1 Å². The predicted octanol–water partition coefficient (Wildman–Crippen LogP) is 2.67. The number of carbonyl (C=O) groups is 3. The molecule has 0 aliphatic carbocycles. The number of nitrogens with one attached hydrogen (secondary N) is 2. The number of amides is 2. The molecular weight excluding hydrogens is 364 g/mol. The van der Waals surface area contributed by atoms with E-state index in [1.54, 1.807) is 12.1 Å². The lowest BCUT2D eigenvalue weighted by atomic mass is 9.86. The SMILES string of the molecule is CC(C)C(NC(=O)c1ccc(C(C)(C)C)cc1)C(=O)NCCSCC(=O)O. The van der Waals surface area contributed by atoms with E-state index in [0.29, 0.717) is 17.9 Å². The number of carbonyl (C=O) groups excluding carboxylic acids is 2. The molecule has 1 atom stereocenters. The lowest BCUT2D eigenvalue weighted by molar-refractivity contribution is -0.133. The minimum atomic E-state index is -0.879. The summed E-state index contributed by atoms with van der Waals surface area (Å²) in [6.07, 6.45) is 0. The van der Waals surface area contributed by atoms with Crippen LogP contribution in [0.15, 0.2) is 24.3 Å². The Morgan fingerprint density at radius 3 is 2.19 bits per heavy atom. The van der Waals surface area contributed by atoms with E-state index < -0.39 is 12.0 Å². The third kappa shape index (κ3) is 8.03. The highest BCUT2D eigenvalue weighted by Gasteiger charge is 2.24. The highest BCUT2D eigenvalue weighted by molar-refractivity contribution is 7.99. The highest BCUT2D eigenvalue weighted by Crippen LogP contribution is 2.22. The van der Waals surface area contributed by atoms with Gasteiger partial charge in [-0.2, -0.15) is 0 Å². The number of aliphatic carboxylic acids is 1. The van der Waals surface area contributed by atoms with Gasteiger partial charge in [0.2, 0.25) is 5.91 Å². The molecule has 0 saturated heterocycles. The summed E-state index contributed by atoms with van der Waals surface area (Å²) in [7, 11) is 0. The minimum absolute atomic E-state index is 0.00474. The Balaban J connectivity index is 2.63. The normalized spacial score (nSPS) is 12.5. The third-order valence-electron chi connectivity index (χ3n) is 4.02. The topological polar surface area (TPSA) is 95.5 Å². The molecule has 1 aromatic rings. The van der Waals surface area contributed by atoms with Gasteiger partial charge in [0.1, 0.15) is 6.04 Å². The second-order valence-corrected chi connectivity index (χ2v) is 8.87. The van der Waals surface area contributed by atoms with E-state index in [-0.39, 0.29) is 28.9 Å². The second-order valence-electron chi connectivity index (χ2n) is 7.76. The third-order valence-corrected chi connectivity index (χ3v) is 4.96. The van der Waals surface area contributed by atoms with Crippen molar-refractivity contribution in [3.8, 4) is 0 Å². The molecule has 27 heavy (non-hydrogen) atoms. The average molecular weight is 395 g/mol. The van der Waals surface area contributed by atoms with E-state index >= 15 is 0 Å². The summed E-state index contributed by atoms with van der Waals surface area (Å²) >= 11 is 1.24. The van der Waals surface area contributed by atoms with E-state index in [4.69, 9.17) is 5.11 Å². The Kier molecular flexibility index (Phi) is 8.82.